The Balaban J connectivity index is 2.02. The standard InChI is InChI=1S/C31H46FN3O6S/c1-22(2)20-35(42(39,40)27-15-13-23(3)14-16-27)26(21-36)12-7-8-17-33-29(37)28(34-30(38)41-31(4,5)6)19-24-10-9-11-25(32)18-24/h9-11,13-16,18,22,26,28,36H,7-8,12,17,19-21H2,1-6H3,(H,33,37)(H,34,38)/t26-,28-/m0/s1. The van der Waals surface area contributed by atoms with E-state index in [1.165, 1.54) is 22.5 Å². The van der Waals surface area contributed by atoms with Gasteiger partial charge >= 0.3 is 6.09 Å². The first-order chi connectivity index (χ1) is 19.6. The first-order valence-corrected chi connectivity index (χ1v) is 15.8. The number of aliphatic hydroxyl groups excluding tert-OH is 1. The average molecular weight is 608 g/mol. The number of nitrogens with one attached hydrogen (secondary N) is 2. The summed E-state index contributed by atoms with van der Waals surface area (Å²) >= 11 is 0. The molecule has 2 amide bonds. The van der Waals surface area contributed by atoms with E-state index in [4.69, 9.17) is 4.74 Å². The molecule has 3 N–H and O–H groups in total. The minimum atomic E-state index is -3.82. The molecule has 2 aromatic rings. The summed E-state index contributed by atoms with van der Waals surface area (Å²) < 4.78 is 47.3. The van der Waals surface area contributed by atoms with Crippen molar-refractivity contribution in [2.75, 3.05) is 19.7 Å². The second-order valence-electron chi connectivity index (χ2n) is 11.9. The van der Waals surface area contributed by atoms with E-state index >= 15 is 0 Å². The molecule has 2 aromatic carbocycles. The molecule has 2 rings (SSSR count). The molecule has 0 aliphatic heterocycles. The molecule has 0 aromatic heterocycles. The lowest BCUT2D eigenvalue weighted by molar-refractivity contribution is -0.123. The van der Waals surface area contributed by atoms with Crippen LogP contribution >= 0.6 is 0 Å². The molecule has 0 bridgehead atoms. The van der Waals surface area contributed by atoms with Crippen LogP contribution in [-0.4, -0.2) is 67.2 Å². The number of rotatable bonds is 15. The molecular formula is C31H46FN3O6S. The number of alkyl carbamates (subject to hydrolysis) is 1. The molecule has 0 fully saturated rings. The van der Waals surface area contributed by atoms with Gasteiger partial charge in [0.05, 0.1) is 11.5 Å². The fraction of sp³-hybridized carbons (Fsp3) is 0.548. The second-order valence-corrected chi connectivity index (χ2v) is 13.8. The van der Waals surface area contributed by atoms with Crippen molar-refractivity contribution in [1.29, 1.82) is 0 Å². The van der Waals surface area contributed by atoms with Crippen LogP contribution in [0, 0.1) is 18.7 Å². The molecule has 0 saturated carbocycles. The predicted octanol–water partition coefficient (Wildman–Crippen LogP) is 4.56. The van der Waals surface area contributed by atoms with Crippen molar-refractivity contribution in [3.05, 3.63) is 65.5 Å². The number of nitrogens with zero attached hydrogens (tertiary/aromatic N) is 1. The highest BCUT2D eigenvalue weighted by atomic mass is 32.2. The summed E-state index contributed by atoms with van der Waals surface area (Å²) in [4.78, 5) is 25.6. The van der Waals surface area contributed by atoms with E-state index in [-0.39, 0.29) is 36.9 Å². The van der Waals surface area contributed by atoms with E-state index in [1.54, 1.807) is 51.1 Å². The van der Waals surface area contributed by atoms with Crippen LogP contribution in [0.5, 0.6) is 0 Å². The molecule has 0 unspecified atom stereocenters. The van der Waals surface area contributed by atoms with Crippen LogP contribution in [0.1, 0.15) is 65.0 Å². The molecule has 0 spiro atoms. The number of aliphatic hydroxyl groups is 1. The lowest BCUT2D eigenvalue weighted by atomic mass is 10.0. The first kappa shape index (κ1) is 35.2. The van der Waals surface area contributed by atoms with Gasteiger partial charge in [0.15, 0.2) is 0 Å². The third-order valence-corrected chi connectivity index (χ3v) is 8.32. The van der Waals surface area contributed by atoms with E-state index in [2.05, 4.69) is 10.6 Å². The zero-order valence-corrected chi connectivity index (χ0v) is 26.3. The van der Waals surface area contributed by atoms with Crippen molar-refractivity contribution in [2.45, 2.75) is 89.8 Å². The van der Waals surface area contributed by atoms with Gasteiger partial charge in [-0.25, -0.2) is 17.6 Å². The lowest BCUT2D eigenvalue weighted by Crippen LogP contribution is -2.49. The quantitative estimate of drug-likeness (QED) is 0.255. The Kier molecular flexibility index (Phi) is 13.4. The van der Waals surface area contributed by atoms with Crippen LogP contribution in [0.2, 0.25) is 0 Å². The maximum Gasteiger partial charge on any atom is 0.408 e. The predicted molar refractivity (Wildman–Crippen MR) is 161 cm³/mol. The third kappa shape index (κ3) is 11.7. The van der Waals surface area contributed by atoms with Crippen LogP contribution in [-0.2, 0) is 26.0 Å². The van der Waals surface area contributed by atoms with Crippen molar-refractivity contribution in [1.82, 2.24) is 14.9 Å². The summed E-state index contributed by atoms with van der Waals surface area (Å²) in [6.45, 7) is 11.1. The summed E-state index contributed by atoms with van der Waals surface area (Å²) in [7, 11) is -3.82. The van der Waals surface area contributed by atoms with E-state index < -0.39 is 45.5 Å². The highest BCUT2D eigenvalue weighted by Gasteiger charge is 2.31. The van der Waals surface area contributed by atoms with Crippen molar-refractivity contribution in [3.63, 3.8) is 0 Å². The fourth-order valence-electron chi connectivity index (χ4n) is 4.37. The molecule has 0 aliphatic carbocycles. The van der Waals surface area contributed by atoms with Gasteiger partial charge in [-0.1, -0.05) is 50.1 Å². The number of carbonyl (C=O) groups excluding carboxylic acids is 2. The van der Waals surface area contributed by atoms with Crippen LogP contribution in [0.25, 0.3) is 0 Å². The number of aryl methyl sites for hydroxylation is 1. The smallest absolute Gasteiger partial charge is 0.408 e. The van der Waals surface area contributed by atoms with Crippen molar-refractivity contribution in [2.24, 2.45) is 5.92 Å². The number of carbonyl (C=O) groups is 2. The SMILES string of the molecule is Cc1ccc(S(=O)(=O)N(CC(C)C)[C@H](CO)CCCCNC(=O)[C@H](Cc2cccc(F)c2)NC(=O)OC(C)(C)C)cc1. The van der Waals surface area contributed by atoms with Gasteiger partial charge in [-0.05, 0) is 76.3 Å². The minimum Gasteiger partial charge on any atom is -0.444 e. The van der Waals surface area contributed by atoms with Crippen LogP contribution < -0.4 is 10.6 Å². The molecular weight excluding hydrogens is 561 g/mol. The third-order valence-electron chi connectivity index (χ3n) is 6.39. The molecule has 0 aliphatic rings. The summed E-state index contributed by atoms with van der Waals surface area (Å²) in [6.07, 6.45) is 0.757. The molecule has 234 valence electrons. The largest absolute Gasteiger partial charge is 0.444 e. The van der Waals surface area contributed by atoms with Crippen molar-refractivity contribution >= 4 is 22.0 Å². The van der Waals surface area contributed by atoms with Gasteiger partial charge in [0.1, 0.15) is 17.5 Å². The summed E-state index contributed by atoms with van der Waals surface area (Å²) in [5.74, 6) is -0.850. The molecule has 9 nitrogen and oxygen atoms in total. The maximum atomic E-state index is 13.7. The number of unbranched alkanes of at least 4 members (excludes halogenated alkanes) is 1. The number of benzene rings is 2. The normalized spacial score (nSPS) is 13.6. The zero-order chi connectivity index (χ0) is 31.5. The van der Waals surface area contributed by atoms with Crippen LogP contribution in [0.4, 0.5) is 9.18 Å². The zero-order valence-electron chi connectivity index (χ0n) is 25.5. The molecule has 0 radical (unpaired) electrons. The van der Waals surface area contributed by atoms with Gasteiger partial charge in [0, 0.05) is 25.6 Å². The Morgan fingerprint density at radius 1 is 1.07 bits per heavy atom. The van der Waals surface area contributed by atoms with E-state index in [0.717, 1.165) is 5.56 Å². The fourth-order valence-corrected chi connectivity index (χ4v) is 6.18. The number of amides is 2. The van der Waals surface area contributed by atoms with Crippen LogP contribution in [0.3, 0.4) is 0 Å². The van der Waals surface area contributed by atoms with Gasteiger partial charge in [0.25, 0.3) is 0 Å². The molecule has 2 atom stereocenters. The highest BCUT2D eigenvalue weighted by molar-refractivity contribution is 7.89. The first-order valence-electron chi connectivity index (χ1n) is 14.3. The summed E-state index contributed by atoms with van der Waals surface area (Å²) in [5.41, 5.74) is 0.727. The molecule has 42 heavy (non-hydrogen) atoms. The van der Waals surface area contributed by atoms with Crippen molar-refractivity contribution in [3.8, 4) is 0 Å². The minimum absolute atomic E-state index is 0.0473. The van der Waals surface area contributed by atoms with E-state index in [1.807, 2.05) is 20.8 Å². The van der Waals surface area contributed by atoms with Gasteiger partial charge in [-0.3, -0.25) is 4.79 Å². The Hall–Kier alpha value is -3.02. The second kappa shape index (κ2) is 16.0. The topological polar surface area (TPSA) is 125 Å². The Labute approximate surface area is 249 Å². The van der Waals surface area contributed by atoms with Crippen LogP contribution in [0.15, 0.2) is 53.4 Å². The Morgan fingerprint density at radius 3 is 2.31 bits per heavy atom. The van der Waals surface area contributed by atoms with Gasteiger partial charge < -0.3 is 20.5 Å². The van der Waals surface area contributed by atoms with Gasteiger partial charge in [-0.2, -0.15) is 4.31 Å². The summed E-state index contributed by atoms with van der Waals surface area (Å²) in [5, 5.41) is 15.5. The lowest BCUT2D eigenvalue weighted by Gasteiger charge is -2.31. The number of ether oxygens (including phenoxy) is 1. The van der Waals surface area contributed by atoms with Gasteiger partial charge in [0.2, 0.25) is 15.9 Å². The monoisotopic (exact) mass is 607 g/mol. The molecule has 11 heteroatoms. The maximum absolute atomic E-state index is 13.7. The number of sulfonamides is 1. The van der Waals surface area contributed by atoms with Gasteiger partial charge in [-0.15, -0.1) is 0 Å². The highest BCUT2D eigenvalue weighted by Crippen LogP contribution is 2.23. The number of hydrogen-bond acceptors (Lipinski definition) is 6. The molecule has 0 saturated heterocycles. The number of halogens is 1. The van der Waals surface area contributed by atoms with E-state index in [0.29, 0.717) is 24.8 Å². The van der Waals surface area contributed by atoms with Crippen molar-refractivity contribution < 1.29 is 32.2 Å². The Morgan fingerprint density at radius 2 is 1.74 bits per heavy atom. The number of hydrogen-bond donors (Lipinski definition) is 3. The summed E-state index contributed by atoms with van der Waals surface area (Å²) in [6, 6.07) is 10.8. The molecule has 0 heterocycles. The average Bonchev–Trinajstić information content (AvgIpc) is 2.88. The van der Waals surface area contributed by atoms with E-state index in [9.17, 15) is 27.5 Å². The Bertz CT molecular complexity index is 1260.